The molecule has 2 aliphatic rings. The molecule has 0 radical (unpaired) electrons. The van der Waals surface area contributed by atoms with E-state index in [9.17, 15) is 0 Å². The van der Waals surface area contributed by atoms with Crippen molar-refractivity contribution in [1.29, 1.82) is 0 Å². The summed E-state index contributed by atoms with van der Waals surface area (Å²) < 4.78 is 0. The molecule has 2 unspecified atom stereocenters. The van der Waals surface area contributed by atoms with Gasteiger partial charge in [0, 0.05) is 11.8 Å². The Hall–Kier alpha value is -2.54. The number of thiocarbonyl (C=S) groups is 1. The number of aliphatic imine (C=N–C) groups is 1. The van der Waals surface area contributed by atoms with E-state index >= 15 is 0 Å². The number of isothiocyanates is 1. The second-order valence-corrected chi connectivity index (χ2v) is 7.78. The van der Waals surface area contributed by atoms with E-state index < -0.39 is 0 Å². The van der Waals surface area contributed by atoms with Crippen LogP contribution in [0.2, 0.25) is 0 Å². The molecule has 0 aromatic heterocycles. The number of aryl methyl sites for hydroxylation is 2. The summed E-state index contributed by atoms with van der Waals surface area (Å²) in [6, 6.07) is 24.5. The zero-order valence-electron chi connectivity index (χ0n) is 15.2. The lowest BCUT2D eigenvalue weighted by atomic mass is 9.87. The van der Waals surface area contributed by atoms with Crippen molar-refractivity contribution in [3.63, 3.8) is 0 Å². The van der Waals surface area contributed by atoms with Crippen LogP contribution < -0.4 is 0 Å². The molecular weight excluding hydrogens is 346 g/mol. The standard InChI is InChI=1S/C25H21NS/c27-16-26-25-15-19(22-12-9-17-5-1-3-7-20(17)22)11-14-24(25)23-13-10-18-6-2-4-8-21(18)23/h1-8,11,14-15,22-23H,9-10,12-13H2. The normalized spacial score (nSPS) is 20.0. The van der Waals surface area contributed by atoms with Crippen LogP contribution in [0.5, 0.6) is 0 Å². The highest BCUT2D eigenvalue weighted by Crippen LogP contribution is 2.44. The summed E-state index contributed by atoms with van der Waals surface area (Å²) in [5, 5.41) is 2.62. The monoisotopic (exact) mass is 367 g/mol. The highest BCUT2D eigenvalue weighted by molar-refractivity contribution is 7.78. The van der Waals surface area contributed by atoms with Crippen molar-refractivity contribution >= 4 is 23.1 Å². The number of hydrogen-bond donors (Lipinski definition) is 0. The molecule has 5 rings (SSSR count). The summed E-state index contributed by atoms with van der Waals surface area (Å²) in [7, 11) is 0. The van der Waals surface area contributed by atoms with E-state index in [1.807, 2.05) is 0 Å². The van der Waals surface area contributed by atoms with Crippen LogP contribution in [0.25, 0.3) is 0 Å². The molecule has 1 nitrogen and oxygen atoms in total. The Morgan fingerprint density at radius 1 is 0.741 bits per heavy atom. The minimum absolute atomic E-state index is 0.410. The molecule has 2 aliphatic carbocycles. The lowest BCUT2D eigenvalue weighted by Gasteiger charge is -2.18. The Bertz CT molecular complexity index is 1060. The second-order valence-electron chi connectivity index (χ2n) is 7.60. The number of rotatable bonds is 3. The molecule has 2 atom stereocenters. The Morgan fingerprint density at radius 3 is 2.07 bits per heavy atom. The van der Waals surface area contributed by atoms with E-state index in [0.29, 0.717) is 11.8 Å². The van der Waals surface area contributed by atoms with Crippen molar-refractivity contribution in [1.82, 2.24) is 0 Å². The topological polar surface area (TPSA) is 12.4 Å². The lowest BCUT2D eigenvalue weighted by Crippen LogP contribution is -2.00. The Morgan fingerprint density at radius 2 is 1.37 bits per heavy atom. The molecule has 0 saturated heterocycles. The fraction of sp³-hybridized carbons (Fsp3) is 0.240. The Balaban J connectivity index is 1.57. The van der Waals surface area contributed by atoms with Crippen LogP contribution in [0.3, 0.4) is 0 Å². The number of benzene rings is 3. The van der Waals surface area contributed by atoms with Gasteiger partial charge in [-0.2, -0.15) is 4.99 Å². The molecule has 0 bridgehead atoms. The first kappa shape index (κ1) is 16.6. The minimum atomic E-state index is 0.410. The third-order valence-electron chi connectivity index (χ3n) is 6.26. The van der Waals surface area contributed by atoms with Crippen LogP contribution in [0, 0.1) is 0 Å². The van der Waals surface area contributed by atoms with Gasteiger partial charge in [0.2, 0.25) is 0 Å². The zero-order valence-corrected chi connectivity index (χ0v) is 16.0. The maximum Gasteiger partial charge on any atom is 0.0780 e. The second kappa shape index (κ2) is 6.88. The largest absolute Gasteiger partial charge is 0.194 e. The average Bonchev–Trinajstić information content (AvgIpc) is 3.33. The van der Waals surface area contributed by atoms with Gasteiger partial charge in [-0.3, -0.25) is 0 Å². The predicted molar refractivity (Wildman–Crippen MR) is 114 cm³/mol. The van der Waals surface area contributed by atoms with Crippen LogP contribution in [0.4, 0.5) is 5.69 Å². The van der Waals surface area contributed by atoms with Gasteiger partial charge in [0.1, 0.15) is 0 Å². The summed E-state index contributed by atoms with van der Waals surface area (Å²) in [4.78, 5) is 4.48. The molecule has 3 aromatic carbocycles. The molecule has 0 spiro atoms. The predicted octanol–water partition coefficient (Wildman–Crippen LogP) is 6.58. The zero-order chi connectivity index (χ0) is 18.2. The van der Waals surface area contributed by atoms with Crippen molar-refractivity contribution in [2.24, 2.45) is 4.99 Å². The van der Waals surface area contributed by atoms with Gasteiger partial charge in [-0.15, -0.1) is 0 Å². The van der Waals surface area contributed by atoms with E-state index in [1.54, 1.807) is 0 Å². The first-order valence-corrected chi connectivity index (χ1v) is 10.1. The van der Waals surface area contributed by atoms with Crippen molar-refractivity contribution < 1.29 is 0 Å². The van der Waals surface area contributed by atoms with Crippen LogP contribution in [-0.4, -0.2) is 5.16 Å². The van der Waals surface area contributed by atoms with Crippen molar-refractivity contribution in [3.8, 4) is 0 Å². The van der Waals surface area contributed by atoms with Gasteiger partial charge >= 0.3 is 0 Å². The molecule has 0 aliphatic heterocycles. The highest BCUT2D eigenvalue weighted by Gasteiger charge is 2.28. The summed E-state index contributed by atoms with van der Waals surface area (Å²) in [5.74, 6) is 0.874. The minimum Gasteiger partial charge on any atom is -0.194 e. The number of hydrogen-bond acceptors (Lipinski definition) is 2. The van der Waals surface area contributed by atoms with E-state index in [2.05, 4.69) is 76.9 Å². The van der Waals surface area contributed by atoms with Gasteiger partial charge in [-0.05, 0) is 77.3 Å². The van der Waals surface area contributed by atoms with Crippen molar-refractivity contribution in [2.75, 3.05) is 0 Å². The first-order chi connectivity index (χ1) is 13.3. The van der Waals surface area contributed by atoms with E-state index in [0.717, 1.165) is 24.9 Å². The molecule has 0 fully saturated rings. The first-order valence-electron chi connectivity index (χ1n) is 9.72. The van der Waals surface area contributed by atoms with E-state index in [4.69, 9.17) is 12.2 Å². The van der Waals surface area contributed by atoms with Gasteiger partial charge in [-0.1, -0.05) is 60.7 Å². The van der Waals surface area contributed by atoms with Crippen LogP contribution in [0.15, 0.2) is 71.7 Å². The molecule has 3 aromatic rings. The highest BCUT2D eigenvalue weighted by atomic mass is 32.1. The Labute approximate surface area is 165 Å². The van der Waals surface area contributed by atoms with Gasteiger partial charge in [0.25, 0.3) is 0 Å². The fourth-order valence-corrected chi connectivity index (χ4v) is 5.10. The summed E-state index contributed by atoms with van der Waals surface area (Å²) >= 11 is 4.97. The summed E-state index contributed by atoms with van der Waals surface area (Å²) in [6.45, 7) is 0. The maximum atomic E-state index is 4.97. The maximum absolute atomic E-state index is 4.97. The van der Waals surface area contributed by atoms with Crippen LogP contribution in [-0.2, 0) is 12.8 Å². The van der Waals surface area contributed by atoms with Crippen molar-refractivity contribution in [2.45, 2.75) is 37.5 Å². The number of fused-ring (bicyclic) bond motifs is 2. The van der Waals surface area contributed by atoms with E-state index in [-0.39, 0.29) is 0 Å². The molecule has 132 valence electrons. The summed E-state index contributed by atoms with van der Waals surface area (Å²) in [6.07, 6.45) is 4.61. The molecule has 0 saturated carbocycles. The molecule has 2 heteroatoms. The third kappa shape index (κ3) is 2.86. The van der Waals surface area contributed by atoms with Gasteiger partial charge in [0.05, 0.1) is 10.8 Å². The molecule has 0 heterocycles. The van der Waals surface area contributed by atoms with Crippen LogP contribution in [0.1, 0.15) is 58.1 Å². The third-order valence-corrected chi connectivity index (χ3v) is 6.36. The smallest absolute Gasteiger partial charge is 0.0780 e. The van der Waals surface area contributed by atoms with Crippen LogP contribution >= 0.6 is 12.2 Å². The SMILES string of the molecule is S=C=Nc1cc(C2CCc3ccccc32)ccc1C1CCc2ccccc21. The molecule has 0 amide bonds. The lowest BCUT2D eigenvalue weighted by molar-refractivity contribution is 0.775. The average molecular weight is 368 g/mol. The molecule has 0 N–H and O–H groups in total. The Kier molecular flexibility index (Phi) is 4.24. The van der Waals surface area contributed by atoms with E-state index in [1.165, 1.54) is 39.8 Å². The molecule has 27 heavy (non-hydrogen) atoms. The van der Waals surface area contributed by atoms with Gasteiger partial charge in [0.15, 0.2) is 0 Å². The molecular formula is C25H21NS. The van der Waals surface area contributed by atoms with Crippen molar-refractivity contribution in [3.05, 3.63) is 100 Å². The quantitative estimate of drug-likeness (QED) is 0.376. The fourth-order valence-electron chi connectivity index (χ4n) is 5.00. The number of nitrogens with zero attached hydrogens (tertiary/aromatic N) is 1. The summed E-state index contributed by atoms with van der Waals surface area (Å²) in [5.41, 5.74) is 9.48. The van der Waals surface area contributed by atoms with Gasteiger partial charge in [-0.25, -0.2) is 0 Å². The van der Waals surface area contributed by atoms with Gasteiger partial charge < -0.3 is 0 Å².